The highest BCUT2D eigenvalue weighted by Gasteiger charge is 2.17. The SMILES string of the molecule is CCNC(=NCc1ccc(N2CCN(CC)CC2)nc1)NCC1CCCS1.I. The van der Waals surface area contributed by atoms with Gasteiger partial charge < -0.3 is 20.4 Å². The van der Waals surface area contributed by atoms with E-state index in [0.717, 1.165) is 68.4 Å². The first-order valence-electron chi connectivity index (χ1n) is 10.3. The topological polar surface area (TPSA) is 55.8 Å². The van der Waals surface area contributed by atoms with E-state index in [4.69, 9.17) is 4.99 Å². The number of likely N-dealkylation sites (N-methyl/N-ethyl adjacent to an activating group) is 1. The van der Waals surface area contributed by atoms with Crippen molar-refractivity contribution >= 4 is 47.5 Å². The zero-order chi connectivity index (χ0) is 18.9. The van der Waals surface area contributed by atoms with Crippen LogP contribution in [0, 0.1) is 0 Å². The van der Waals surface area contributed by atoms with E-state index >= 15 is 0 Å². The summed E-state index contributed by atoms with van der Waals surface area (Å²) in [6.07, 6.45) is 4.63. The number of nitrogens with zero attached hydrogens (tertiary/aromatic N) is 4. The Morgan fingerprint density at radius 3 is 2.64 bits per heavy atom. The zero-order valence-corrected chi connectivity index (χ0v) is 20.3. The number of pyridine rings is 1. The van der Waals surface area contributed by atoms with Crippen LogP contribution in [0.4, 0.5) is 5.82 Å². The molecule has 0 spiro atoms. The van der Waals surface area contributed by atoms with Gasteiger partial charge in [-0.15, -0.1) is 24.0 Å². The molecule has 2 N–H and O–H groups in total. The van der Waals surface area contributed by atoms with E-state index in [1.807, 2.05) is 6.20 Å². The maximum atomic E-state index is 4.73. The molecule has 1 unspecified atom stereocenters. The molecule has 0 bridgehead atoms. The minimum atomic E-state index is 0. The van der Waals surface area contributed by atoms with Gasteiger partial charge in [0.15, 0.2) is 5.96 Å². The highest BCUT2D eigenvalue weighted by atomic mass is 127. The van der Waals surface area contributed by atoms with Gasteiger partial charge in [0.25, 0.3) is 0 Å². The molecule has 0 saturated carbocycles. The lowest BCUT2D eigenvalue weighted by Gasteiger charge is -2.34. The Morgan fingerprint density at radius 2 is 2.04 bits per heavy atom. The molecule has 3 heterocycles. The van der Waals surface area contributed by atoms with Gasteiger partial charge in [0.05, 0.1) is 6.54 Å². The van der Waals surface area contributed by atoms with Crippen molar-refractivity contribution in [1.29, 1.82) is 0 Å². The second-order valence-corrected chi connectivity index (χ2v) is 8.57. The largest absolute Gasteiger partial charge is 0.357 e. The highest BCUT2D eigenvalue weighted by molar-refractivity contribution is 14.0. The van der Waals surface area contributed by atoms with Crippen molar-refractivity contribution in [1.82, 2.24) is 20.5 Å². The number of aromatic nitrogens is 1. The molecule has 2 saturated heterocycles. The van der Waals surface area contributed by atoms with Crippen LogP contribution in [0.5, 0.6) is 0 Å². The fourth-order valence-electron chi connectivity index (χ4n) is 3.52. The van der Waals surface area contributed by atoms with Crippen LogP contribution in [0.3, 0.4) is 0 Å². The quantitative estimate of drug-likeness (QED) is 0.329. The van der Waals surface area contributed by atoms with Gasteiger partial charge in [0, 0.05) is 50.7 Å². The van der Waals surface area contributed by atoms with Gasteiger partial charge in [-0.05, 0) is 43.7 Å². The minimum Gasteiger partial charge on any atom is -0.357 e. The van der Waals surface area contributed by atoms with Gasteiger partial charge in [-0.1, -0.05) is 13.0 Å². The molecule has 2 fully saturated rings. The van der Waals surface area contributed by atoms with E-state index in [0.29, 0.717) is 6.54 Å². The number of thioether (sulfide) groups is 1. The van der Waals surface area contributed by atoms with Crippen LogP contribution in [0.2, 0.25) is 0 Å². The number of nitrogens with one attached hydrogen (secondary N) is 2. The summed E-state index contributed by atoms with van der Waals surface area (Å²) in [6, 6.07) is 4.30. The number of piperazine rings is 1. The molecule has 3 rings (SSSR count). The standard InChI is InChI=1S/C20H34N6S.HI/c1-3-21-20(24-16-18-6-5-13-27-18)23-15-17-7-8-19(22-14-17)26-11-9-25(4-2)10-12-26;/h7-8,14,18H,3-6,9-13,15-16H2,1-2H3,(H2,21,23,24);1H. The van der Waals surface area contributed by atoms with Crippen LogP contribution in [0.15, 0.2) is 23.3 Å². The average molecular weight is 519 g/mol. The molecule has 2 aliphatic rings. The minimum absolute atomic E-state index is 0. The summed E-state index contributed by atoms with van der Waals surface area (Å²) < 4.78 is 0. The van der Waals surface area contributed by atoms with E-state index < -0.39 is 0 Å². The molecule has 158 valence electrons. The molecule has 2 aliphatic heterocycles. The van der Waals surface area contributed by atoms with E-state index in [-0.39, 0.29) is 24.0 Å². The number of aliphatic imine (C=N–C) groups is 1. The van der Waals surface area contributed by atoms with Crippen LogP contribution >= 0.6 is 35.7 Å². The van der Waals surface area contributed by atoms with Crippen molar-refractivity contribution in [3.63, 3.8) is 0 Å². The van der Waals surface area contributed by atoms with Gasteiger partial charge in [-0.2, -0.15) is 11.8 Å². The van der Waals surface area contributed by atoms with Crippen LogP contribution in [0.25, 0.3) is 0 Å². The number of anilines is 1. The van der Waals surface area contributed by atoms with Crippen molar-refractivity contribution in [3.8, 4) is 0 Å². The fourth-order valence-corrected chi connectivity index (χ4v) is 4.72. The summed E-state index contributed by atoms with van der Waals surface area (Å²) in [5.74, 6) is 3.29. The first-order valence-corrected chi connectivity index (χ1v) is 11.4. The summed E-state index contributed by atoms with van der Waals surface area (Å²) in [5, 5.41) is 7.56. The number of halogens is 1. The van der Waals surface area contributed by atoms with Gasteiger partial charge in [0.1, 0.15) is 5.82 Å². The van der Waals surface area contributed by atoms with Crippen molar-refractivity contribution < 1.29 is 0 Å². The molecular weight excluding hydrogens is 483 g/mol. The summed E-state index contributed by atoms with van der Waals surface area (Å²) in [4.78, 5) is 14.3. The highest BCUT2D eigenvalue weighted by Crippen LogP contribution is 2.25. The van der Waals surface area contributed by atoms with E-state index in [1.165, 1.54) is 18.6 Å². The smallest absolute Gasteiger partial charge is 0.191 e. The van der Waals surface area contributed by atoms with E-state index in [2.05, 4.69) is 63.2 Å². The van der Waals surface area contributed by atoms with Crippen LogP contribution < -0.4 is 15.5 Å². The molecule has 1 atom stereocenters. The lowest BCUT2D eigenvalue weighted by Crippen LogP contribution is -2.46. The first kappa shape index (κ1) is 23.5. The third-order valence-corrected chi connectivity index (χ3v) is 6.64. The van der Waals surface area contributed by atoms with Crippen molar-refractivity contribution in [3.05, 3.63) is 23.9 Å². The normalized spacial score (nSPS) is 20.7. The molecule has 6 nitrogen and oxygen atoms in total. The molecule has 0 aliphatic carbocycles. The first-order chi connectivity index (χ1) is 13.3. The monoisotopic (exact) mass is 518 g/mol. The van der Waals surface area contributed by atoms with Crippen LogP contribution in [-0.2, 0) is 6.54 Å². The van der Waals surface area contributed by atoms with E-state index in [9.17, 15) is 0 Å². The Bertz CT molecular complexity index is 583. The Labute approximate surface area is 191 Å². The molecule has 8 heteroatoms. The van der Waals surface area contributed by atoms with Gasteiger partial charge >= 0.3 is 0 Å². The third-order valence-electron chi connectivity index (χ3n) is 5.24. The molecular formula is C20H35IN6S. The summed E-state index contributed by atoms with van der Waals surface area (Å²) in [6.45, 7) is 12.4. The Kier molecular flexibility index (Phi) is 10.7. The second-order valence-electron chi connectivity index (χ2n) is 7.16. The summed E-state index contributed by atoms with van der Waals surface area (Å²) in [7, 11) is 0. The number of hydrogen-bond donors (Lipinski definition) is 2. The van der Waals surface area contributed by atoms with Gasteiger partial charge in [-0.3, -0.25) is 0 Å². The second kappa shape index (κ2) is 12.7. The maximum Gasteiger partial charge on any atom is 0.191 e. The number of hydrogen-bond acceptors (Lipinski definition) is 5. The molecule has 0 amide bonds. The Balaban J connectivity index is 0.00000280. The Morgan fingerprint density at radius 1 is 1.21 bits per heavy atom. The lowest BCUT2D eigenvalue weighted by atomic mass is 10.2. The third kappa shape index (κ3) is 7.26. The summed E-state index contributed by atoms with van der Waals surface area (Å²) >= 11 is 2.07. The zero-order valence-electron chi connectivity index (χ0n) is 17.2. The molecule has 1 aromatic rings. The Hall–Kier alpha value is -0.740. The molecule has 0 radical (unpaired) electrons. The van der Waals surface area contributed by atoms with Gasteiger partial charge in [-0.25, -0.2) is 9.98 Å². The molecule has 1 aromatic heterocycles. The van der Waals surface area contributed by atoms with Gasteiger partial charge in [0.2, 0.25) is 0 Å². The number of rotatable bonds is 7. The van der Waals surface area contributed by atoms with Crippen LogP contribution in [0.1, 0.15) is 32.3 Å². The van der Waals surface area contributed by atoms with Crippen molar-refractivity contribution in [2.75, 3.05) is 56.5 Å². The lowest BCUT2D eigenvalue weighted by molar-refractivity contribution is 0.270. The number of guanidine groups is 1. The van der Waals surface area contributed by atoms with E-state index in [1.54, 1.807) is 0 Å². The van der Waals surface area contributed by atoms with Crippen molar-refractivity contribution in [2.45, 2.75) is 38.5 Å². The van der Waals surface area contributed by atoms with Crippen LogP contribution in [-0.4, -0.2) is 72.7 Å². The predicted octanol–water partition coefficient (Wildman–Crippen LogP) is 2.79. The fraction of sp³-hybridized carbons (Fsp3) is 0.700. The predicted molar refractivity (Wildman–Crippen MR) is 132 cm³/mol. The maximum absolute atomic E-state index is 4.73. The molecule has 0 aromatic carbocycles. The average Bonchev–Trinajstić information content (AvgIpc) is 3.24. The summed E-state index contributed by atoms with van der Waals surface area (Å²) in [5.41, 5.74) is 1.15. The van der Waals surface area contributed by atoms with Crippen molar-refractivity contribution in [2.24, 2.45) is 4.99 Å². The molecule has 28 heavy (non-hydrogen) atoms.